The second kappa shape index (κ2) is 10.7. The first kappa shape index (κ1) is 25.3. The van der Waals surface area contributed by atoms with Crippen molar-refractivity contribution in [2.45, 2.75) is 59.4 Å². The normalized spacial score (nSPS) is 12.7. The van der Waals surface area contributed by atoms with Crippen LogP contribution in [0.3, 0.4) is 0 Å². The zero-order valence-corrected chi connectivity index (χ0v) is 21.0. The van der Waals surface area contributed by atoms with Gasteiger partial charge in [-0.05, 0) is 52.8 Å². The summed E-state index contributed by atoms with van der Waals surface area (Å²) in [5, 5.41) is 4.73. The lowest BCUT2D eigenvalue weighted by atomic mass is 10.1. The minimum Gasteiger partial charge on any atom is -0.482 e. The monoisotopic (exact) mass is 493 g/mol. The molecule has 0 aliphatic carbocycles. The molecule has 0 saturated heterocycles. The fourth-order valence-electron chi connectivity index (χ4n) is 3.84. The molecule has 0 aliphatic heterocycles. The van der Waals surface area contributed by atoms with Gasteiger partial charge in [-0.15, -0.1) is 0 Å². The Morgan fingerprint density at radius 1 is 1.09 bits per heavy atom. The van der Waals surface area contributed by atoms with Gasteiger partial charge in [0.1, 0.15) is 11.9 Å². The lowest BCUT2D eigenvalue weighted by Crippen LogP contribution is -2.39. The molecule has 1 aromatic carbocycles. The summed E-state index contributed by atoms with van der Waals surface area (Å²) in [5.74, 6) is 0.00774. The summed E-state index contributed by atoms with van der Waals surface area (Å²) in [6.45, 7) is 12.2. The van der Waals surface area contributed by atoms with E-state index in [1.165, 1.54) is 12.1 Å². The van der Waals surface area contributed by atoms with Crippen LogP contribution in [0, 0.1) is 5.82 Å². The number of anilines is 1. The quantitative estimate of drug-likeness (QED) is 0.357. The van der Waals surface area contributed by atoms with E-state index in [0.717, 1.165) is 24.2 Å². The molecule has 33 heavy (non-hydrogen) atoms. The van der Waals surface area contributed by atoms with E-state index >= 15 is 0 Å². The first-order valence-corrected chi connectivity index (χ1v) is 11.7. The molecule has 0 bridgehead atoms. The van der Waals surface area contributed by atoms with Gasteiger partial charge in [0.05, 0.1) is 17.8 Å². The van der Waals surface area contributed by atoms with Gasteiger partial charge in [-0.1, -0.05) is 23.2 Å². The minimum absolute atomic E-state index is 0.0733. The highest BCUT2D eigenvalue weighted by atomic mass is 35.5. The summed E-state index contributed by atoms with van der Waals surface area (Å²) in [5.41, 5.74) is 8.09. The lowest BCUT2D eigenvalue weighted by molar-refractivity contribution is 0.166. The third-order valence-corrected chi connectivity index (χ3v) is 6.27. The average molecular weight is 494 g/mol. The molecule has 0 amide bonds. The van der Waals surface area contributed by atoms with Gasteiger partial charge in [-0.2, -0.15) is 5.10 Å². The van der Waals surface area contributed by atoms with Gasteiger partial charge in [0, 0.05) is 52.7 Å². The zero-order valence-electron chi connectivity index (χ0n) is 19.5. The topological polar surface area (TPSA) is 69.2 Å². The maximum Gasteiger partial charge on any atom is 0.166 e. The van der Waals surface area contributed by atoms with E-state index in [2.05, 4.69) is 42.7 Å². The van der Waals surface area contributed by atoms with Gasteiger partial charge in [0.15, 0.2) is 11.6 Å². The molecule has 2 heterocycles. The average Bonchev–Trinajstić information content (AvgIpc) is 3.21. The molecule has 1 unspecified atom stereocenters. The summed E-state index contributed by atoms with van der Waals surface area (Å²) < 4.78 is 21.8. The van der Waals surface area contributed by atoms with E-state index in [1.807, 2.05) is 10.9 Å². The molecule has 3 rings (SSSR count). The number of rotatable bonds is 9. The molecule has 0 fully saturated rings. The lowest BCUT2D eigenvalue weighted by Gasteiger charge is -2.30. The number of nitrogens with two attached hydrogens (primary N) is 1. The van der Waals surface area contributed by atoms with Crippen LogP contribution < -0.4 is 10.5 Å². The summed E-state index contributed by atoms with van der Waals surface area (Å²) in [7, 11) is 0. The molecular formula is C24H30Cl2FN5O. The highest BCUT2D eigenvalue weighted by Gasteiger charge is 2.20. The maximum atomic E-state index is 13.9. The number of halogens is 3. The van der Waals surface area contributed by atoms with Crippen molar-refractivity contribution < 1.29 is 9.13 Å². The summed E-state index contributed by atoms with van der Waals surface area (Å²) in [6.07, 6.45) is 4.79. The second-order valence-electron chi connectivity index (χ2n) is 8.54. The van der Waals surface area contributed by atoms with E-state index in [4.69, 9.17) is 33.7 Å². The van der Waals surface area contributed by atoms with Crippen molar-refractivity contribution in [1.82, 2.24) is 19.7 Å². The number of nitrogen functional groups attached to an aromatic ring is 1. The number of ether oxygens (including phenoxy) is 1. The van der Waals surface area contributed by atoms with Crippen LogP contribution in [0.4, 0.5) is 10.2 Å². The van der Waals surface area contributed by atoms with Crippen LogP contribution in [0.1, 0.15) is 46.3 Å². The molecule has 9 heteroatoms. The molecule has 1 atom stereocenters. The minimum atomic E-state index is -0.638. The van der Waals surface area contributed by atoms with Crippen molar-refractivity contribution in [3.63, 3.8) is 0 Å². The largest absolute Gasteiger partial charge is 0.482 e. The van der Waals surface area contributed by atoms with Crippen LogP contribution in [-0.2, 0) is 6.54 Å². The standard InChI is InChI=1S/C24H30Cl2FN5O/c1-14(2)32(15(3)4)9-8-31-13-18(12-30-31)17-10-21(24(28)29-11-17)33-16(5)22-19(25)6-7-20(27)23(22)26/h6-7,10-16H,8-9H2,1-5H3,(H2,28,29). The van der Waals surface area contributed by atoms with Gasteiger partial charge in [0.2, 0.25) is 0 Å². The van der Waals surface area contributed by atoms with Gasteiger partial charge in [-0.3, -0.25) is 9.58 Å². The molecule has 3 aromatic rings. The van der Waals surface area contributed by atoms with Crippen LogP contribution in [0.25, 0.3) is 11.1 Å². The van der Waals surface area contributed by atoms with E-state index in [1.54, 1.807) is 25.4 Å². The summed E-state index contributed by atoms with van der Waals surface area (Å²) >= 11 is 12.3. The van der Waals surface area contributed by atoms with Crippen LogP contribution in [0.15, 0.2) is 36.8 Å². The summed E-state index contributed by atoms with van der Waals surface area (Å²) in [4.78, 5) is 6.68. The third kappa shape index (κ3) is 5.96. The second-order valence-corrected chi connectivity index (χ2v) is 9.33. The Morgan fingerprint density at radius 3 is 2.45 bits per heavy atom. The van der Waals surface area contributed by atoms with Crippen molar-refractivity contribution in [1.29, 1.82) is 0 Å². The van der Waals surface area contributed by atoms with Crippen LogP contribution >= 0.6 is 23.2 Å². The molecule has 178 valence electrons. The van der Waals surface area contributed by atoms with Crippen LogP contribution in [0.5, 0.6) is 5.75 Å². The van der Waals surface area contributed by atoms with Crippen molar-refractivity contribution in [3.8, 4) is 16.9 Å². The smallest absolute Gasteiger partial charge is 0.166 e. The number of aromatic nitrogens is 3. The number of hydrogen-bond donors (Lipinski definition) is 1. The number of nitrogens with zero attached hydrogens (tertiary/aromatic N) is 4. The van der Waals surface area contributed by atoms with Crippen LogP contribution in [-0.4, -0.2) is 38.3 Å². The first-order valence-electron chi connectivity index (χ1n) is 10.9. The Hall–Kier alpha value is -2.35. The first-order chi connectivity index (χ1) is 15.6. The van der Waals surface area contributed by atoms with E-state index < -0.39 is 11.9 Å². The predicted molar refractivity (Wildman–Crippen MR) is 132 cm³/mol. The molecule has 2 aromatic heterocycles. The van der Waals surface area contributed by atoms with Crippen molar-refractivity contribution >= 4 is 29.0 Å². The molecule has 0 spiro atoms. The number of benzene rings is 1. The predicted octanol–water partition coefficient (Wildman–Crippen LogP) is 6.23. The van der Waals surface area contributed by atoms with E-state index in [-0.39, 0.29) is 10.8 Å². The van der Waals surface area contributed by atoms with Gasteiger partial charge < -0.3 is 10.5 Å². The van der Waals surface area contributed by atoms with E-state index in [9.17, 15) is 4.39 Å². The Kier molecular flexibility index (Phi) is 8.21. The maximum absolute atomic E-state index is 13.9. The van der Waals surface area contributed by atoms with Crippen LogP contribution in [0.2, 0.25) is 10.0 Å². The fourth-order valence-corrected chi connectivity index (χ4v) is 4.52. The van der Waals surface area contributed by atoms with Gasteiger partial charge >= 0.3 is 0 Å². The molecule has 0 aliphatic rings. The SMILES string of the molecule is CC(Oc1cc(-c2cnn(CCN(C(C)C)C(C)C)c2)cnc1N)c1c(Cl)ccc(F)c1Cl. The fraction of sp³-hybridized carbons (Fsp3) is 0.417. The Bertz CT molecular complexity index is 1090. The van der Waals surface area contributed by atoms with Crippen molar-refractivity contribution in [3.05, 3.63) is 58.2 Å². The van der Waals surface area contributed by atoms with Crippen molar-refractivity contribution in [2.24, 2.45) is 0 Å². The van der Waals surface area contributed by atoms with Gasteiger partial charge in [0.25, 0.3) is 0 Å². The number of hydrogen-bond acceptors (Lipinski definition) is 5. The molecule has 0 saturated carbocycles. The van der Waals surface area contributed by atoms with Gasteiger partial charge in [-0.25, -0.2) is 9.37 Å². The molecule has 2 N–H and O–H groups in total. The summed E-state index contributed by atoms with van der Waals surface area (Å²) in [6, 6.07) is 5.38. The highest BCUT2D eigenvalue weighted by Crippen LogP contribution is 2.36. The molecule has 6 nitrogen and oxygen atoms in total. The zero-order chi connectivity index (χ0) is 24.3. The Balaban J connectivity index is 1.78. The Morgan fingerprint density at radius 2 is 1.79 bits per heavy atom. The Labute approximate surface area is 204 Å². The third-order valence-electron chi connectivity index (χ3n) is 5.55. The number of pyridine rings is 1. The molecule has 0 radical (unpaired) electrons. The van der Waals surface area contributed by atoms with E-state index in [0.29, 0.717) is 28.4 Å². The molecular weight excluding hydrogens is 464 g/mol. The van der Waals surface area contributed by atoms with Crippen molar-refractivity contribution in [2.75, 3.05) is 12.3 Å². The highest BCUT2D eigenvalue weighted by molar-refractivity contribution is 6.36.